The van der Waals surface area contributed by atoms with Crippen molar-refractivity contribution >= 4 is 17.7 Å². The van der Waals surface area contributed by atoms with Crippen molar-refractivity contribution < 1.29 is 9.53 Å². The van der Waals surface area contributed by atoms with Crippen molar-refractivity contribution in [3.8, 4) is 0 Å². The lowest BCUT2D eigenvalue weighted by Gasteiger charge is -2.45. The maximum atomic E-state index is 11.6. The van der Waals surface area contributed by atoms with Crippen LogP contribution in [0.2, 0.25) is 0 Å². The highest BCUT2D eigenvalue weighted by Gasteiger charge is 2.47. The Morgan fingerprint density at radius 1 is 1.36 bits per heavy atom. The van der Waals surface area contributed by atoms with Gasteiger partial charge >= 0.3 is 6.09 Å². The summed E-state index contributed by atoms with van der Waals surface area (Å²) in [4.78, 5) is 18.1. The molecule has 3 unspecified atom stereocenters. The minimum atomic E-state index is -0.585. The fraction of sp³-hybridized carbons (Fsp3) is 0.533. The van der Waals surface area contributed by atoms with Crippen LogP contribution in [0.3, 0.4) is 0 Å². The largest absolute Gasteiger partial charge is 0.451 e. The standard InChI is InChI=1S/C15H18N8O2/c1-25-15(24)22-7-10(17-20-22)14-19-18-13-9-4-2-3-5-11(9)21-8-16-6-12(21)23(13)14/h6-9,11,13,18H,2-5H2,1H3. The van der Waals surface area contributed by atoms with E-state index in [0.29, 0.717) is 23.5 Å². The van der Waals surface area contributed by atoms with Gasteiger partial charge in [0.2, 0.25) is 0 Å². The van der Waals surface area contributed by atoms with Crippen LogP contribution in [0, 0.1) is 5.92 Å². The first-order valence-electron chi connectivity index (χ1n) is 8.43. The second-order valence-corrected chi connectivity index (χ2v) is 6.57. The molecule has 1 aliphatic carbocycles. The summed E-state index contributed by atoms with van der Waals surface area (Å²) in [5.74, 6) is 2.09. The van der Waals surface area contributed by atoms with Crippen molar-refractivity contribution in [1.29, 1.82) is 0 Å². The van der Waals surface area contributed by atoms with E-state index >= 15 is 0 Å². The van der Waals surface area contributed by atoms with Crippen LogP contribution in [-0.4, -0.2) is 49.7 Å². The van der Waals surface area contributed by atoms with Gasteiger partial charge in [0.1, 0.15) is 12.0 Å². The minimum Gasteiger partial charge on any atom is -0.451 e. The van der Waals surface area contributed by atoms with Gasteiger partial charge in [-0.1, -0.05) is 18.1 Å². The Balaban J connectivity index is 1.54. The van der Waals surface area contributed by atoms with Crippen LogP contribution in [0.5, 0.6) is 0 Å². The number of nitrogens with zero attached hydrogens (tertiary/aromatic N) is 7. The van der Waals surface area contributed by atoms with Gasteiger partial charge in [0.15, 0.2) is 11.5 Å². The first kappa shape index (κ1) is 14.4. The Labute approximate surface area is 143 Å². The molecule has 0 spiro atoms. The van der Waals surface area contributed by atoms with Gasteiger partial charge in [0.05, 0.1) is 25.8 Å². The Bertz CT molecular complexity index is 855. The Kier molecular flexibility index (Phi) is 3.06. The number of methoxy groups -OCH3 is 1. The number of imidazole rings is 1. The lowest BCUT2D eigenvalue weighted by Crippen LogP contribution is -2.53. The zero-order chi connectivity index (χ0) is 17.0. The number of carbonyl (C=O) groups is 1. The second-order valence-electron chi connectivity index (χ2n) is 6.57. The predicted molar refractivity (Wildman–Crippen MR) is 87.0 cm³/mol. The zero-order valence-corrected chi connectivity index (χ0v) is 13.7. The number of hydrogen-bond acceptors (Lipinski definition) is 8. The van der Waals surface area contributed by atoms with E-state index in [0.717, 1.165) is 23.3 Å². The maximum absolute atomic E-state index is 11.6. The molecule has 1 N–H and O–H groups in total. The molecule has 3 aliphatic rings. The topological polar surface area (TPSA) is 102 Å². The highest BCUT2D eigenvalue weighted by Crippen LogP contribution is 2.45. The van der Waals surface area contributed by atoms with Crippen molar-refractivity contribution in [2.45, 2.75) is 37.9 Å². The van der Waals surface area contributed by atoms with Crippen LogP contribution >= 0.6 is 0 Å². The molecular weight excluding hydrogens is 324 g/mol. The van der Waals surface area contributed by atoms with Crippen molar-refractivity contribution in [2.75, 3.05) is 12.0 Å². The zero-order valence-electron chi connectivity index (χ0n) is 13.7. The summed E-state index contributed by atoms with van der Waals surface area (Å²) in [5.41, 5.74) is 3.79. The number of ether oxygens (including phenoxy) is 1. The van der Waals surface area contributed by atoms with E-state index in [4.69, 9.17) is 0 Å². The second kappa shape index (κ2) is 5.30. The molecule has 25 heavy (non-hydrogen) atoms. The summed E-state index contributed by atoms with van der Waals surface area (Å²) >= 11 is 0. The fourth-order valence-corrected chi connectivity index (χ4v) is 4.23. The molecule has 0 radical (unpaired) electrons. The number of hydrazone groups is 1. The highest BCUT2D eigenvalue weighted by molar-refractivity contribution is 6.09. The third-order valence-electron chi connectivity index (χ3n) is 5.33. The van der Waals surface area contributed by atoms with E-state index < -0.39 is 6.09 Å². The minimum absolute atomic E-state index is 0.0766. The van der Waals surface area contributed by atoms with Crippen LogP contribution < -0.4 is 10.3 Å². The third kappa shape index (κ3) is 1.99. The summed E-state index contributed by atoms with van der Waals surface area (Å²) in [6.07, 6.45) is 9.55. The molecule has 2 aromatic heterocycles. The lowest BCUT2D eigenvalue weighted by molar-refractivity contribution is 0.168. The number of aromatic nitrogens is 5. The van der Waals surface area contributed by atoms with Crippen molar-refractivity contribution in [3.63, 3.8) is 0 Å². The van der Waals surface area contributed by atoms with Crippen LogP contribution in [0.4, 0.5) is 10.6 Å². The van der Waals surface area contributed by atoms with Crippen LogP contribution in [0.25, 0.3) is 0 Å². The first-order chi connectivity index (χ1) is 12.3. The molecule has 5 rings (SSSR count). The van der Waals surface area contributed by atoms with Crippen molar-refractivity contribution in [2.24, 2.45) is 11.0 Å². The van der Waals surface area contributed by atoms with Crippen LogP contribution in [-0.2, 0) is 4.74 Å². The monoisotopic (exact) mass is 342 g/mol. The molecule has 130 valence electrons. The molecule has 0 saturated heterocycles. The molecular formula is C15H18N8O2. The average molecular weight is 342 g/mol. The van der Waals surface area contributed by atoms with Gasteiger partial charge in [-0.25, -0.2) is 9.78 Å². The fourth-order valence-electron chi connectivity index (χ4n) is 4.23. The number of nitrogens with one attached hydrogen (secondary N) is 1. The summed E-state index contributed by atoms with van der Waals surface area (Å²) in [7, 11) is 1.31. The van der Waals surface area contributed by atoms with E-state index in [2.05, 4.69) is 40.0 Å². The molecule has 2 aromatic rings. The van der Waals surface area contributed by atoms with Gasteiger partial charge in [0.25, 0.3) is 0 Å². The van der Waals surface area contributed by atoms with E-state index in [-0.39, 0.29) is 6.17 Å². The Hall–Kier alpha value is -2.91. The molecule has 2 aliphatic heterocycles. The molecule has 10 heteroatoms. The van der Waals surface area contributed by atoms with Gasteiger partial charge in [0, 0.05) is 12.0 Å². The quantitative estimate of drug-likeness (QED) is 0.822. The van der Waals surface area contributed by atoms with Gasteiger partial charge in [-0.3, -0.25) is 10.3 Å². The van der Waals surface area contributed by atoms with Gasteiger partial charge in [-0.2, -0.15) is 9.78 Å². The summed E-state index contributed by atoms with van der Waals surface area (Å²) in [6.45, 7) is 0. The first-order valence-corrected chi connectivity index (χ1v) is 8.43. The smallest absolute Gasteiger partial charge is 0.435 e. The molecule has 1 fully saturated rings. The van der Waals surface area contributed by atoms with Crippen molar-refractivity contribution in [1.82, 2.24) is 30.0 Å². The number of amidine groups is 1. The number of rotatable bonds is 1. The Morgan fingerprint density at radius 2 is 2.24 bits per heavy atom. The van der Waals surface area contributed by atoms with Gasteiger partial charge in [-0.05, 0) is 12.8 Å². The van der Waals surface area contributed by atoms with Crippen molar-refractivity contribution in [3.05, 3.63) is 24.4 Å². The number of anilines is 1. The Morgan fingerprint density at radius 3 is 3.12 bits per heavy atom. The number of fused-ring (bicyclic) bond motifs is 6. The predicted octanol–water partition coefficient (Wildman–Crippen LogP) is 0.931. The van der Waals surface area contributed by atoms with E-state index in [1.807, 2.05) is 12.5 Å². The van der Waals surface area contributed by atoms with E-state index in [1.54, 1.807) is 0 Å². The van der Waals surface area contributed by atoms with Gasteiger partial charge in [-0.15, -0.1) is 5.10 Å². The van der Waals surface area contributed by atoms with Crippen LogP contribution in [0.1, 0.15) is 37.4 Å². The molecule has 3 atom stereocenters. The summed E-state index contributed by atoms with van der Waals surface area (Å²) in [5, 5.41) is 12.4. The molecule has 10 nitrogen and oxygen atoms in total. The lowest BCUT2D eigenvalue weighted by atomic mass is 9.80. The molecule has 4 heterocycles. The summed E-state index contributed by atoms with van der Waals surface area (Å²) in [6, 6.07) is 0.445. The SMILES string of the molecule is COC(=O)n1cc(C2=NNC3C4CCCCC4n4cncc4N23)nn1. The highest BCUT2D eigenvalue weighted by atomic mass is 16.5. The van der Waals surface area contributed by atoms with Crippen LogP contribution in [0.15, 0.2) is 23.8 Å². The molecule has 0 amide bonds. The van der Waals surface area contributed by atoms with E-state index in [1.165, 1.54) is 26.1 Å². The number of hydrogen-bond donors (Lipinski definition) is 1. The molecule has 0 aromatic carbocycles. The van der Waals surface area contributed by atoms with E-state index in [9.17, 15) is 4.79 Å². The molecule has 1 saturated carbocycles. The normalized spacial score (nSPS) is 27.0. The molecule has 0 bridgehead atoms. The third-order valence-corrected chi connectivity index (χ3v) is 5.33. The van der Waals surface area contributed by atoms with Gasteiger partial charge < -0.3 is 9.30 Å². The average Bonchev–Trinajstić information content (AvgIpc) is 3.38. The summed E-state index contributed by atoms with van der Waals surface area (Å²) < 4.78 is 7.98. The maximum Gasteiger partial charge on any atom is 0.435 e. The number of carbonyl (C=O) groups excluding carboxylic acids is 1.